The summed E-state index contributed by atoms with van der Waals surface area (Å²) >= 11 is 0. The van der Waals surface area contributed by atoms with Crippen molar-refractivity contribution in [3.8, 4) is 11.5 Å². The number of carbonyl (C=O) groups is 1. The van der Waals surface area contributed by atoms with Gasteiger partial charge in [0.15, 0.2) is 11.5 Å². The van der Waals surface area contributed by atoms with Crippen LogP contribution in [0.25, 0.3) is 0 Å². The molecule has 0 aromatic heterocycles. The first-order chi connectivity index (χ1) is 10.2. The van der Waals surface area contributed by atoms with E-state index in [1.165, 1.54) is 0 Å². The highest BCUT2D eigenvalue weighted by Gasteiger charge is 2.32. The minimum Gasteiger partial charge on any atom is -0.486 e. The second-order valence-electron chi connectivity index (χ2n) is 5.77. The number of hydrogen-bond acceptors (Lipinski definition) is 4. The Morgan fingerprint density at radius 1 is 1.29 bits per heavy atom. The fraction of sp³-hybridized carbons (Fsp3) is 0.562. The lowest BCUT2D eigenvalue weighted by atomic mass is 10.0. The van der Waals surface area contributed by atoms with E-state index in [0.29, 0.717) is 42.7 Å². The lowest BCUT2D eigenvalue weighted by Crippen LogP contribution is -2.41. The molecule has 0 spiro atoms. The van der Waals surface area contributed by atoms with Crippen molar-refractivity contribution in [2.75, 3.05) is 26.8 Å². The monoisotopic (exact) mass is 290 g/mol. The van der Waals surface area contributed by atoms with Gasteiger partial charge in [-0.1, -0.05) is 6.42 Å². The zero-order valence-corrected chi connectivity index (χ0v) is 12.4. The Hall–Kier alpha value is -1.75. The molecule has 2 atom stereocenters. The van der Waals surface area contributed by atoms with E-state index in [-0.39, 0.29) is 11.9 Å². The van der Waals surface area contributed by atoms with Crippen LogP contribution in [0.4, 0.5) is 0 Å². The number of rotatable bonds is 3. The topological polar surface area (TPSA) is 64.8 Å². The number of hydrogen-bond donors (Lipinski definition) is 1. The number of benzene rings is 1. The van der Waals surface area contributed by atoms with E-state index in [2.05, 4.69) is 0 Å². The summed E-state index contributed by atoms with van der Waals surface area (Å²) in [6.07, 6.45) is 3.29. The summed E-state index contributed by atoms with van der Waals surface area (Å²) in [5.74, 6) is 1.80. The van der Waals surface area contributed by atoms with Crippen molar-refractivity contribution in [3.05, 3.63) is 23.8 Å². The number of ether oxygens (including phenoxy) is 2. The Morgan fingerprint density at radius 3 is 2.81 bits per heavy atom. The van der Waals surface area contributed by atoms with Crippen LogP contribution in [0.15, 0.2) is 18.2 Å². The molecule has 1 aromatic carbocycles. The molecule has 1 amide bonds. The SMILES string of the molecule is CN(C(=O)c1ccc2c(c1)OCCO2)C1CCCC1CN. The van der Waals surface area contributed by atoms with Crippen molar-refractivity contribution in [2.45, 2.75) is 25.3 Å². The van der Waals surface area contributed by atoms with Gasteiger partial charge in [0, 0.05) is 18.7 Å². The fourth-order valence-corrected chi connectivity index (χ4v) is 3.33. The number of nitrogens with two attached hydrogens (primary N) is 1. The van der Waals surface area contributed by atoms with Gasteiger partial charge in [0.1, 0.15) is 13.2 Å². The van der Waals surface area contributed by atoms with E-state index in [0.717, 1.165) is 19.3 Å². The highest BCUT2D eigenvalue weighted by atomic mass is 16.6. The van der Waals surface area contributed by atoms with Gasteiger partial charge in [0.25, 0.3) is 5.91 Å². The first-order valence-corrected chi connectivity index (χ1v) is 7.57. The fourth-order valence-electron chi connectivity index (χ4n) is 3.33. The quantitative estimate of drug-likeness (QED) is 0.919. The maximum Gasteiger partial charge on any atom is 0.253 e. The molecule has 3 rings (SSSR count). The molecular weight excluding hydrogens is 268 g/mol. The predicted molar refractivity (Wildman–Crippen MR) is 79.7 cm³/mol. The van der Waals surface area contributed by atoms with Crippen LogP contribution in [-0.4, -0.2) is 43.7 Å². The van der Waals surface area contributed by atoms with Crippen molar-refractivity contribution in [1.82, 2.24) is 4.90 Å². The smallest absolute Gasteiger partial charge is 0.253 e. The zero-order chi connectivity index (χ0) is 14.8. The molecular formula is C16H22N2O3. The summed E-state index contributed by atoms with van der Waals surface area (Å²) in [6, 6.07) is 5.64. The van der Waals surface area contributed by atoms with Gasteiger partial charge < -0.3 is 20.1 Å². The third-order valence-corrected chi connectivity index (χ3v) is 4.53. The molecule has 2 N–H and O–H groups in total. The van der Waals surface area contributed by atoms with Gasteiger partial charge in [-0.05, 0) is 43.5 Å². The van der Waals surface area contributed by atoms with E-state index in [1.807, 2.05) is 18.0 Å². The Balaban J connectivity index is 1.78. The van der Waals surface area contributed by atoms with Crippen LogP contribution in [0.2, 0.25) is 0 Å². The summed E-state index contributed by atoms with van der Waals surface area (Å²) < 4.78 is 11.0. The van der Waals surface area contributed by atoms with Gasteiger partial charge in [-0.15, -0.1) is 0 Å². The summed E-state index contributed by atoms with van der Waals surface area (Å²) in [6.45, 7) is 1.72. The number of nitrogens with zero attached hydrogens (tertiary/aromatic N) is 1. The molecule has 21 heavy (non-hydrogen) atoms. The average molecular weight is 290 g/mol. The minimum atomic E-state index is 0.0253. The number of fused-ring (bicyclic) bond motifs is 1. The molecule has 1 fully saturated rings. The number of amides is 1. The molecule has 114 valence electrons. The molecule has 5 heteroatoms. The first kappa shape index (κ1) is 14.2. The normalized spacial score (nSPS) is 23.9. The van der Waals surface area contributed by atoms with E-state index in [4.69, 9.17) is 15.2 Å². The second kappa shape index (κ2) is 5.93. The molecule has 2 unspecified atom stereocenters. The van der Waals surface area contributed by atoms with Crippen LogP contribution in [0, 0.1) is 5.92 Å². The Morgan fingerprint density at radius 2 is 2.05 bits per heavy atom. The molecule has 0 saturated heterocycles. The molecule has 1 heterocycles. The van der Waals surface area contributed by atoms with Crippen LogP contribution in [0.3, 0.4) is 0 Å². The van der Waals surface area contributed by atoms with E-state index in [9.17, 15) is 4.79 Å². The lowest BCUT2D eigenvalue weighted by molar-refractivity contribution is 0.0699. The molecule has 0 radical (unpaired) electrons. The van der Waals surface area contributed by atoms with Gasteiger partial charge in [0.05, 0.1) is 0 Å². The first-order valence-electron chi connectivity index (χ1n) is 7.57. The Kier molecular flexibility index (Phi) is 4.01. The standard InChI is InChI=1S/C16H22N2O3/c1-18(13-4-2-3-12(13)10-17)16(19)11-5-6-14-15(9-11)21-8-7-20-14/h5-6,9,12-13H,2-4,7-8,10,17H2,1H3. The molecule has 2 aliphatic rings. The maximum atomic E-state index is 12.7. The molecule has 1 saturated carbocycles. The molecule has 5 nitrogen and oxygen atoms in total. The van der Waals surface area contributed by atoms with Crippen LogP contribution in [0.1, 0.15) is 29.6 Å². The Bertz CT molecular complexity index is 532. The van der Waals surface area contributed by atoms with Crippen LogP contribution in [-0.2, 0) is 0 Å². The van der Waals surface area contributed by atoms with Crippen molar-refractivity contribution in [1.29, 1.82) is 0 Å². The van der Waals surface area contributed by atoms with E-state index in [1.54, 1.807) is 12.1 Å². The maximum absolute atomic E-state index is 12.7. The zero-order valence-electron chi connectivity index (χ0n) is 12.4. The third kappa shape index (κ3) is 2.70. The molecule has 1 aliphatic carbocycles. The van der Waals surface area contributed by atoms with E-state index >= 15 is 0 Å². The molecule has 1 aliphatic heterocycles. The van der Waals surface area contributed by atoms with Gasteiger partial charge in [0.2, 0.25) is 0 Å². The van der Waals surface area contributed by atoms with Crippen molar-refractivity contribution in [3.63, 3.8) is 0 Å². The number of carbonyl (C=O) groups excluding carboxylic acids is 1. The van der Waals surface area contributed by atoms with E-state index < -0.39 is 0 Å². The van der Waals surface area contributed by atoms with Crippen LogP contribution >= 0.6 is 0 Å². The van der Waals surface area contributed by atoms with Crippen molar-refractivity contribution in [2.24, 2.45) is 11.7 Å². The molecule has 1 aromatic rings. The van der Waals surface area contributed by atoms with Gasteiger partial charge in [-0.25, -0.2) is 0 Å². The third-order valence-electron chi connectivity index (χ3n) is 4.53. The lowest BCUT2D eigenvalue weighted by Gasteiger charge is -2.29. The molecule has 0 bridgehead atoms. The summed E-state index contributed by atoms with van der Waals surface area (Å²) in [4.78, 5) is 14.5. The largest absolute Gasteiger partial charge is 0.486 e. The summed E-state index contributed by atoms with van der Waals surface area (Å²) in [7, 11) is 1.87. The average Bonchev–Trinajstić information content (AvgIpc) is 3.01. The predicted octanol–water partition coefficient (Wildman–Crippen LogP) is 1.66. The minimum absolute atomic E-state index is 0.0253. The Labute approximate surface area is 125 Å². The summed E-state index contributed by atoms with van der Waals surface area (Å²) in [5.41, 5.74) is 6.46. The second-order valence-corrected chi connectivity index (χ2v) is 5.77. The van der Waals surface area contributed by atoms with Gasteiger partial charge >= 0.3 is 0 Å². The van der Waals surface area contributed by atoms with Crippen LogP contribution < -0.4 is 15.2 Å². The highest BCUT2D eigenvalue weighted by molar-refractivity contribution is 5.95. The highest BCUT2D eigenvalue weighted by Crippen LogP contribution is 2.33. The summed E-state index contributed by atoms with van der Waals surface area (Å²) in [5, 5.41) is 0. The van der Waals surface area contributed by atoms with Gasteiger partial charge in [-0.3, -0.25) is 4.79 Å². The van der Waals surface area contributed by atoms with Crippen molar-refractivity contribution < 1.29 is 14.3 Å². The van der Waals surface area contributed by atoms with Crippen molar-refractivity contribution >= 4 is 5.91 Å². The van der Waals surface area contributed by atoms with Crippen LogP contribution in [0.5, 0.6) is 11.5 Å². The van der Waals surface area contributed by atoms with Gasteiger partial charge in [-0.2, -0.15) is 0 Å².